The molecule has 0 spiro atoms. The Labute approximate surface area is 116 Å². The lowest BCUT2D eigenvalue weighted by molar-refractivity contribution is 0.282. The van der Waals surface area contributed by atoms with Crippen LogP contribution in [-0.4, -0.2) is 25.3 Å². The van der Waals surface area contributed by atoms with Gasteiger partial charge in [-0.25, -0.2) is 0 Å². The molecule has 0 fully saturated rings. The van der Waals surface area contributed by atoms with Gasteiger partial charge < -0.3 is 5.11 Å². The molecule has 0 aliphatic heterocycles. The molecule has 0 radical (unpaired) electrons. The van der Waals surface area contributed by atoms with E-state index >= 15 is 0 Å². The summed E-state index contributed by atoms with van der Waals surface area (Å²) < 4.78 is 0. The second-order valence-electron chi connectivity index (χ2n) is 4.19. The first-order chi connectivity index (χ1) is 9.88. The first kappa shape index (κ1) is 12.4. The van der Waals surface area contributed by atoms with Crippen molar-refractivity contribution in [3.63, 3.8) is 0 Å². The molecule has 0 saturated heterocycles. The Hall–Kier alpha value is -2.66. The maximum Gasteiger partial charge on any atom is 0.117 e. The van der Waals surface area contributed by atoms with E-state index in [1.54, 1.807) is 18.5 Å². The summed E-state index contributed by atoms with van der Waals surface area (Å²) in [5.74, 6) is 0. The van der Waals surface area contributed by atoms with Crippen LogP contribution < -0.4 is 0 Å². The van der Waals surface area contributed by atoms with Crippen LogP contribution in [0.3, 0.4) is 0 Å². The summed E-state index contributed by atoms with van der Waals surface area (Å²) in [7, 11) is 0. The van der Waals surface area contributed by atoms with Crippen LogP contribution in [0.15, 0.2) is 54.9 Å². The van der Waals surface area contributed by atoms with E-state index in [-0.39, 0.29) is 6.61 Å². The fourth-order valence-electron chi connectivity index (χ4n) is 1.91. The van der Waals surface area contributed by atoms with Crippen molar-refractivity contribution in [3.05, 3.63) is 60.4 Å². The molecule has 0 amide bonds. The standard InChI is InChI=1S/C15H12N4O/c20-10-11-9-14(12-5-1-3-7-16-12)18-19-15(11)13-6-2-4-8-17-13/h1-9,20H,10H2. The molecule has 3 aromatic heterocycles. The van der Waals surface area contributed by atoms with E-state index in [0.29, 0.717) is 22.6 Å². The molecule has 1 N–H and O–H groups in total. The molecule has 3 aromatic rings. The molecule has 0 aromatic carbocycles. The van der Waals surface area contributed by atoms with Crippen LogP contribution in [0, 0.1) is 0 Å². The summed E-state index contributed by atoms with van der Waals surface area (Å²) >= 11 is 0. The SMILES string of the molecule is OCc1cc(-c2ccccn2)nnc1-c1ccccn1. The Balaban J connectivity index is 2.07. The van der Waals surface area contributed by atoms with Crippen molar-refractivity contribution in [1.29, 1.82) is 0 Å². The smallest absolute Gasteiger partial charge is 0.117 e. The van der Waals surface area contributed by atoms with Gasteiger partial charge in [-0.05, 0) is 30.3 Å². The van der Waals surface area contributed by atoms with E-state index in [0.717, 1.165) is 5.69 Å². The summed E-state index contributed by atoms with van der Waals surface area (Å²) in [4.78, 5) is 8.46. The number of hydrogen-bond donors (Lipinski definition) is 1. The van der Waals surface area contributed by atoms with Crippen molar-refractivity contribution in [1.82, 2.24) is 20.2 Å². The first-order valence-corrected chi connectivity index (χ1v) is 6.19. The Morgan fingerprint density at radius 1 is 0.800 bits per heavy atom. The zero-order valence-corrected chi connectivity index (χ0v) is 10.6. The van der Waals surface area contributed by atoms with Gasteiger partial charge in [-0.3, -0.25) is 9.97 Å². The van der Waals surface area contributed by atoms with E-state index < -0.39 is 0 Å². The van der Waals surface area contributed by atoms with Crippen molar-refractivity contribution in [2.24, 2.45) is 0 Å². The number of rotatable bonds is 3. The number of pyridine rings is 2. The molecule has 0 saturated carbocycles. The van der Waals surface area contributed by atoms with Gasteiger partial charge in [0, 0.05) is 18.0 Å². The summed E-state index contributed by atoms with van der Waals surface area (Å²) in [6.45, 7) is -0.124. The lowest BCUT2D eigenvalue weighted by atomic mass is 10.1. The van der Waals surface area contributed by atoms with Gasteiger partial charge in [-0.2, -0.15) is 0 Å². The Bertz CT molecular complexity index is 702. The second-order valence-corrected chi connectivity index (χ2v) is 4.19. The summed E-state index contributed by atoms with van der Waals surface area (Å²) in [6, 6.07) is 12.9. The Kier molecular flexibility index (Phi) is 3.43. The molecule has 0 unspecified atom stereocenters. The first-order valence-electron chi connectivity index (χ1n) is 6.19. The molecule has 0 bridgehead atoms. The maximum atomic E-state index is 9.54. The number of nitrogens with zero attached hydrogens (tertiary/aromatic N) is 4. The average Bonchev–Trinajstić information content (AvgIpc) is 2.56. The number of aromatic nitrogens is 4. The molecule has 5 heteroatoms. The van der Waals surface area contributed by atoms with Gasteiger partial charge in [0.1, 0.15) is 11.4 Å². The molecule has 0 atom stereocenters. The molecular formula is C15H12N4O. The molecular weight excluding hydrogens is 252 g/mol. The zero-order chi connectivity index (χ0) is 13.8. The molecule has 98 valence electrons. The number of aliphatic hydroxyl groups is 1. The van der Waals surface area contributed by atoms with E-state index in [1.807, 2.05) is 36.4 Å². The van der Waals surface area contributed by atoms with Gasteiger partial charge in [-0.15, -0.1) is 10.2 Å². The van der Waals surface area contributed by atoms with Gasteiger partial charge in [0.05, 0.1) is 18.0 Å². The van der Waals surface area contributed by atoms with Gasteiger partial charge >= 0.3 is 0 Å². The summed E-state index contributed by atoms with van der Waals surface area (Å²) in [5.41, 5.74) is 3.32. The predicted octanol–water partition coefficient (Wildman–Crippen LogP) is 2.09. The maximum absolute atomic E-state index is 9.54. The van der Waals surface area contributed by atoms with Crippen LogP contribution in [-0.2, 0) is 6.61 Å². The molecule has 3 heterocycles. The Morgan fingerprint density at radius 3 is 2.10 bits per heavy atom. The van der Waals surface area contributed by atoms with Gasteiger partial charge in [0.15, 0.2) is 0 Å². The van der Waals surface area contributed by atoms with Gasteiger partial charge in [0.25, 0.3) is 0 Å². The van der Waals surface area contributed by atoms with Crippen molar-refractivity contribution < 1.29 is 5.11 Å². The fourth-order valence-corrected chi connectivity index (χ4v) is 1.91. The zero-order valence-electron chi connectivity index (χ0n) is 10.6. The summed E-state index contributed by atoms with van der Waals surface area (Å²) in [6.07, 6.45) is 3.38. The normalized spacial score (nSPS) is 10.4. The minimum Gasteiger partial charge on any atom is -0.392 e. The van der Waals surface area contributed by atoms with Crippen LogP contribution in [0.4, 0.5) is 0 Å². The van der Waals surface area contributed by atoms with Crippen LogP contribution in [0.1, 0.15) is 5.56 Å². The highest BCUT2D eigenvalue weighted by Crippen LogP contribution is 2.22. The molecule has 3 rings (SSSR count). The van der Waals surface area contributed by atoms with Gasteiger partial charge in [0.2, 0.25) is 0 Å². The number of hydrogen-bond acceptors (Lipinski definition) is 5. The summed E-state index contributed by atoms with van der Waals surface area (Å²) in [5, 5.41) is 17.9. The quantitative estimate of drug-likeness (QED) is 0.784. The van der Waals surface area contributed by atoms with Crippen molar-refractivity contribution >= 4 is 0 Å². The van der Waals surface area contributed by atoms with Crippen molar-refractivity contribution in [2.45, 2.75) is 6.61 Å². The topological polar surface area (TPSA) is 71.8 Å². The van der Waals surface area contributed by atoms with E-state index in [9.17, 15) is 5.11 Å². The van der Waals surface area contributed by atoms with Crippen LogP contribution >= 0.6 is 0 Å². The highest BCUT2D eigenvalue weighted by molar-refractivity contribution is 5.62. The lowest BCUT2D eigenvalue weighted by Gasteiger charge is -2.07. The van der Waals surface area contributed by atoms with E-state index in [1.165, 1.54) is 0 Å². The molecule has 20 heavy (non-hydrogen) atoms. The van der Waals surface area contributed by atoms with Crippen LogP contribution in [0.2, 0.25) is 0 Å². The monoisotopic (exact) mass is 264 g/mol. The fraction of sp³-hybridized carbons (Fsp3) is 0.0667. The Morgan fingerprint density at radius 2 is 1.50 bits per heavy atom. The van der Waals surface area contributed by atoms with Gasteiger partial charge in [-0.1, -0.05) is 12.1 Å². The van der Waals surface area contributed by atoms with Crippen LogP contribution in [0.25, 0.3) is 22.8 Å². The molecule has 0 aliphatic rings. The lowest BCUT2D eigenvalue weighted by Crippen LogP contribution is -2.00. The molecule has 0 aliphatic carbocycles. The highest BCUT2D eigenvalue weighted by atomic mass is 16.3. The third-order valence-corrected chi connectivity index (χ3v) is 2.88. The minimum atomic E-state index is -0.124. The minimum absolute atomic E-state index is 0.124. The van der Waals surface area contributed by atoms with E-state index in [2.05, 4.69) is 20.2 Å². The third-order valence-electron chi connectivity index (χ3n) is 2.88. The largest absolute Gasteiger partial charge is 0.392 e. The van der Waals surface area contributed by atoms with Crippen molar-refractivity contribution in [2.75, 3.05) is 0 Å². The molecule has 5 nitrogen and oxygen atoms in total. The second kappa shape index (κ2) is 5.54. The van der Waals surface area contributed by atoms with E-state index in [4.69, 9.17) is 0 Å². The third kappa shape index (κ3) is 2.39. The highest BCUT2D eigenvalue weighted by Gasteiger charge is 2.11. The number of aliphatic hydroxyl groups excluding tert-OH is 1. The average molecular weight is 264 g/mol. The van der Waals surface area contributed by atoms with Crippen molar-refractivity contribution in [3.8, 4) is 22.8 Å². The van der Waals surface area contributed by atoms with Crippen LogP contribution in [0.5, 0.6) is 0 Å². The predicted molar refractivity (Wildman–Crippen MR) is 74.4 cm³/mol.